The van der Waals surface area contributed by atoms with Crippen molar-refractivity contribution in [3.05, 3.63) is 71.3 Å². The quantitative estimate of drug-likeness (QED) is 0.363. The Morgan fingerprint density at radius 3 is 2.50 bits per heavy atom. The first-order valence-electron chi connectivity index (χ1n) is 12.5. The van der Waals surface area contributed by atoms with E-state index in [4.69, 9.17) is 4.74 Å². The molecule has 0 saturated heterocycles. The van der Waals surface area contributed by atoms with E-state index in [1.54, 1.807) is 16.7 Å². The number of ether oxygens (including phenoxy) is 1. The Labute approximate surface area is 193 Å². The number of benzene rings is 1. The standard InChI is InChI=1S/C30H38O2/c1-6-21-12-14-23-22-13-15-25-28(2,3)26(32-27(31)20-10-8-7-9-11-20)17-19-30(25,5)24(22)16-18-29(21,23)4/h6-11,14,21,25-26H,1,12-13,15-19H2,2-5H3/t21-,25-,26-,29+,30+/m0/s1. The van der Waals surface area contributed by atoms with Crippen molar-refractivity contribution in [2.45, 2.75) is 78.7 Å². The molecule has 32 heavy (non-hydrogen) atoms. The average molecular weight is 431 g/mol. The van der Waals surface area contributed by atoms with Gasteiger partial charge in [-0.1, -0.05) is 63.6 Å². The minimum atomic E-state index is -0.178. The maximum atomic E-state index is 12.8. The van der Waals surface area contributed by atoms with E-state index >= 15 is 0 Å². The highest BCUT2D eigenvalue weighted by Crippen LogP contribution is 2.66. The van der Waals surface area contributed by atoms with Crippen LogP contribution in [0, 0.1) is 28.1 Å². The van der Waals surface area contributed by atoms with Crippen LogP contribution in [0.5, 0.6) is 0 Å². The zero-order valence-corrected chi connectivity index (χ0v) is 20.2. The van der Waals surface area contributed by atoms with Gasteiger partial charge < -0.3 is 4.74 Å². The van der Waals surface area contributed by atoms with E-state index in [0.717, 1.165) is 19.3 Å². The number of esters is 1. The van der Waals surface area contributed by atoms with Crippen molar-refractivity contribution in [3.8, 4) is 0 Å². The molecule has 2 nitrogen and oxygen atoms in total. The highest BCUT2D eigenvalue weighted by molar-refractivity contribution is 5.89. The van der Waals surface area contributed by atoms with Crippen LogP contribution in [0.15, 0.2) is 65.8 Å². The Morgan fingerprint density at radius 2 is 1.78 bits per heavy atom. The van der Waals surface area contributed by atoms with Gasteiger partial charge in [0.2, 0.25) is 0 Å². The summed E-state index contributed by atoms with van der Waals surface area (Å²) in [6, 6.07) is 9.45. The summed E-state index contributed by atoms with van der Waals surface area (Å²) < 4.78 is 6.16. The first-order valence-corrected chi connectivity index (χ1v) is 12.5. The number of carbonyl (C=O) groups is 1. The molecular weight excluding hydrogens is 392 g/mol. The van der Waals surface area contributed by atoms with Crippen LogP contribution in [-0.4, -0.2) is 12.1 Å². The predicted octanol–water partition coefficient (Wildman–Crippen LogP) is 7.68. The van der Waals surface area contributed by atoms with Crippen molar-refractivity contribution in [2.75, 3.05) is 0 Å². The van der Waals surface area contributed by atoms with Crippen LogP contribution < -0.4 is 0 Å². The fourth-order valence-electron chi connectivity index (χ4n) is 8.04. The number of rotatable bonds is 3. The molecule has 0 N–H and O–H groups in total. The van der Waals surface area contributed by atoms with Gasteiger partial charge in [0, 0.05) is 5.41 Å². The first kappa shape index (κ1) is 21.7. The third-order valence-electron chi connectivity index (χ3n) is 9.93. The molecule has 0 heterocycles. The SMILES string of the molecule is C=C[C@H]1CC=C2C3=C(CC[C@@]21C)[C@@]1(C)CC[C@H](OC(=O)c2ccccc2)C(C)(C)[C@@H]1CC3. The molecule has 0 bridgehead atoms. The second-order valence-electron chi connectivity index (χ2n) is 11.7. The molecule has 1 saturated carbocycles. The molecule has 170 valence electrons. The van der Waals surface area contributed by atoms with E-state index in [1.165, 1.54) is 25.7 Å². The molecule has 2 heteroatoms. The van der Waals surface area contributed by atoms with Crippen molar-refractivity contribution in [3.63, 3.8) is 0 Å². The van der Waals surface area contributed by atoms with Gasteiger partial charge >= 0.3 is 5.97 Å². The van der Waals surface area contributed by atoms with E-state index in [0.29, 0.717) is 17.4 Å². The predicted molar refractivity (Wildman–Crippen MR) is 130 cm³/mol. The van der Waals surface area contributed by atoms with E-state index in [9.17, 15) is 4.79 Å². The number of carbonyl (C=O) groups excluding carboxylic acids is 1. The Hall–Kier alpha value is -2.09. The van der Waals surface area contributed by atoms with Gasteiger partial charge in [-0.2, -0.15) is 0 Å². The van der Waals surface area contributed by atoms with Crippen molar-refractivity contribution in [2.24, 2.45) is 28.1 Å². The summed E-state index contributed by atoms with van der Waals surface area (Å²) in [6.07, 6.45) is 12.7. The lowest BCUT2D eigenvalue weighted by Gasteiger charge is -2.59. The second-order valence-corrected chi connectivity index (χ2v) is 11.7. The van der Waals surface area contributed by atoms with Gasteiger partial charge in [0.1, 0.15) is 6.10 Å². The van der Waals surface area contributed by atoms with Crippen LogP contribution in [0.1, 0.15) is 83.0 Å². The molecule has 4 aliphatic rings. The van der Waals surface area contributed by atoms with Crippen molar-refractivity contribution >= 4 is 5.97 Å². The van der Waals surface area contributed by atoms with E-state index < -0.39 is 0 Å². The van der Waals surface area contributed by atoms with Crippen LogP contribution in [-0.2, 0) is 4.74 Å². The molecular formula is C30H38O2. The molecule has 1 fully saturated rings. The molecule has 0 aromatic heterocycles. The van der Waals surface area contributed by atoms with Crippen LogP contribution in [0.3, 0.4) is 0 Å². The third-order valence-corrected chi connectivity index (χ3v) is 9.93. The van der Waals surface area contributed by atoms with E-state index in [-0.39, 0.29) is 28.3 Å². The molecule has 0 spiro atoms. The second kappa shape index (κ2) is 7.47. The summed E-state index contributed by atoms with van der Waals surface area (Å²) in [6.45, 7) is 13.8. The average Bonchev–Trinajstić information content (AvgIpc) is 3.12. The number of fused-ring (bicyclic) bond motifs is 4. The summed E-state index contributed by atoms with van der Waals surface area (Å²) in [7, 11) is 0. The monoisotopic (exact) mass is 430 g/mol. The summed E-state index contributed by atoms with van der Waals surface area (Å²) in [5.74, 6) is 0.947. The van der Waals surface area contributed by atoms with Gasteiger partial charge in [-0.15, -0.1) is 6.58 Å². The van der Waals surface area contributed by atoms with Crippen LogP contribution in [0.2, 0.25) is 0 Å². The maximum absolute atomic E-state index is 12.8. The highest BCUT2D eigenvalue weighted by atomic mass is 16.5. The topological polar surface area (TPSA) is 26.3 Å². The number of allylic oxidation sites excluding steroid dienone is 5. The summed E-state index contributed by atoms with van der Waals surface area (Å²) >= 11 is 0. The molecule has 1 aromatic rings. The van der Waals surface area contributed by atoms with Crippen molar-refractivity contribution in [1.82, 2.24) is 0 Å². The summed E-state index contributed by atoms with van der Waals surface area (Å²) in [5.41, 5.74) is 6.15. The minimum Gasteiger partial charge on any atom is -0.458 e. The van der Waals surface area contributed by atoms with Gasteiger partial charge in [0.25, 0.3) is 0 Å². The van der Waals surface area contributed by atoms with Crippen LogP contribution >= 0.6 is 0 Å². The first-order chi connectivity index (χ1) is 15.2. The third kappa shape index (κ3) is 3.01. The zero-order chi connectivity index (χ0) is 22.7. The van der Waals surface area contributed by atoms with E-state index in [1.807, 2.05) is 30.3 Å². The Balaban J connectivity index is 1.43. The molecule has 5 atom stereocenters. The van der Waals surface area contributed by atoms with Crippen LogP contribution in [0.25, 0.3) is 0 Å². The Morgan fingerprint density at radius 1 is 1.03 bits per heavy atom. The van der Waals surface area contributed by atoms with Crippen molar-refractivity contribution < 1.29 is 9.53 Å². The summed E-state index contributed by atoms with van der Waals surface area (Å²) in [4.78, 5) is 12.8. The van der Waals surface area contributed by atoms with Gasteiger partial charge in [-0.3, -0.25) is 0 Å². The lowest BCUT2D eigenvalue weighted by Crippen LogP contribution is -2.54. The summed E-state index contributed by atoms with van der Waals surface area (Å²) in [5, 5.41) is 0. The zero-order valence-electron chi connectivity index (χ0n) is 20.2. The largest absolute Gasteiger partial charge is 0.458 e. The number of hydrogen-bond donors (Lipinski definition) is 0. The molecule has 0 unspecified atom stereocenters. The molecule has 0 radical (unpaired) electrons. The molecule has 0 aliphatic heterocycles. The van der Waals surface area contributed by atoms with Gasteiger partial charge in [0.15, 0.2) is 0 Å². The maximum Gasteiger partial charge on any atom is 0.338 e. The Bertz CT molecular complexity index is 997. The number of hydrogen-bond acceptors (Lipinski definition) is 2. The smallest absolute Gasteiger partial charge is 0.338 e. The normalized spacial score (nSPS) is 37.6. The van der Waals surface area contributed by atoms with Crippen molar-refractivity contribution in [1.29, 1.82) is 0 Å². The highest BCUT2D eigenvalue weighted by Gasteiger charge is 2.58. The van der Waals surface area contributed by atoms with Gasteiger partial charge in [0.05, 0.1) is 5.56 Å². The van der Waals surface area contributed by atoms with E-state index in [2.05, 4.69) is 46.4 Å². The molecule has 1 aromatic carbocycles. The fraction of sp³-hybridized carbons (Fsp3) is 0.567. The lowest BCUT2D eigenvalue weighted by molar-refractivity contribution is -0.0991. The Kier molecular flexibility index (Phi) is 5.07. The fourth-order valence-corrected chi connectivity index (χ4v) is 8.04. The molecule has 5 rings (SSSR count). The van der Waals surface area contributed by atoms with Gasteiger partial charge in [-0.05, 0) is 90.9 Å². The lowest BCUT2D eigenvalue weighted by atomic mass is 9.46. The van der Waals surface area contributed by atoms with Crippen LogP contribution in [0.4, 0.5) is 0 Å². The van der Waals surface area contributed by atoms with Gasteiger partial charge in [-0.25, -0.2) is 4.79 Å². The molecule has 4 aliphatic carbocycles. The molecule has 0 amide bonds. The minimum absolute atomic E-state index is 0.0277.